The van der Waals surface area contributed by atoms with Crippen LogP contribution in [0.5, 0.6) is 0 Å². The Hall–Kier alpha value is -1.45. The lowest BCUT2D eigenvalue weighted by molar-refractivity contribution is 0.713. The first-order valence-electron chi connectivity index (χ1n) is 5.02. The molecule has 1 aromatic heterocycles. The van der Waals surface area contributed by atoms with Crippen LogP contribution in [0, 0.1) is 0 Å². The van der Waals surface area contributed by atoms with Crippen molar-refractivity contribution in [3.63, 3.8) is 0 Å². The number of hydrogen-bond donors (Lipinski definition) is 1. The normalized spacial score (nSPS) is 12.4. The van der Waals surface area contributed by atoms with E-state index >= 15 is 0 Å². The zero-order chi connectivity index (χ0) is 11.4. The van der Waals surface area contributed by atoms with Crippen molar-refractivity contribution in [1.82, 2.24) is 10.2 Å². The number of halogens is 1. The number of hydrogen-bond acceptors (Lipinski definition) is 3. The van der Waals surface area contributed by atoms with E-state index < -0.39 is 0 Å². The van der Waals surface area contributed by atoms with Crippen LogP contribution in [0.2, 0.25) is 5.02 Å². The van der Waals surface area contributed by atoms with Gasteiger partial charge in [0.15, 0.2) is 0 Å². The van der Waals surface area contributed by atoms with Gasteiger partial charge >= 0.3 is 0 Å². The Bertz CT molecular complexity index is 442. The number of nitrogens with two attached hydrogens (primary N) is 1. The Labute approximate surface area is 99.3 Å². The van der Waals surface area contributed by atoms with Gasteiger partial charge in [0, 0.05) is 17.3 Å². The monoisotopic (exact) mass is 233 g/mol. The van der Waals surface area contributed by atoms with Gasteiger partial charge in [-0.3, -0.25) is 0 Å². The molecule has 1 aromatic carbocycles. The van der Waals surface area contributed by atoms with Crippen molar-refractivity contribution in [2.45, 2.75) is 12.5 Å². The molecular weight excluding hydrogens is 222 g/mol. The molecule has 2 aromatic rings. The summed E-state index contributed by atoms with van der Waals surface area (Å²) >= 11 is 5.82. The average molecular weight is 234 g/mol. The SMILES string of the molecule is NC(Cc1ccc(Cl)cc1)c1ccnnc1. The van der Waals surface area contributed by atoms with Crippen LogP contribution in [-0.2, 0) is 6.42 Å². The number of rotatable bonds is 3. The molecule has 1 heterocycles. The highest BCUT2D eigenvalue weighted by Gasteiger charge is 2.06. The Kier molecular flexibility index (Phi) is 3.49. The van der Waals surface area contributed by atoms with Gasteiger partial charge in [0.1, 0.15) is 0 Å². The van der Waals surface area contributed by atoms with E-state index in [1.54, 1.807) is 12.4 Å². The Morgan fingerprint density at radius 2 is 1.88 bits per heavy atom. The van der Waals surface area contributed by atoms with Crippen molar-refractivity contribution in [2.75, 3.05) is 0 Å². The Balaban J connectivity index is 2.08. The Morgan fingerprint density at radius 1 is 1.12 bits per heavy atom. The molecule has 82 valence electrons. The second-order valence-corrected chi connectivity index (χ2v) is 4.05. The van der Waals surface area contributed by atoms with Gasteiger partial charge in [-0.2, -0.15) is 10.2 Å². The molecule has 0 aliphatic heterocycles. The van der Waals surface area contributed by atoms with Gasteiger partial charge in [-0.05, 0) is 35.7 Å². The van der Waals surface area contributed by atoms with Crippen molar-refractivity contribution >= 4 is 11.6 Å². The Morgan fingerprint density at radius 3 is 2.50 bits per heavy atom. The molecule has 0 bridgehead atoms. The van der Waals surface area contributed by atoms with E-state index in [0.29, 0.717) is 0 Å². The molecular formula is C12H12ClN3. The van der Waals surface area contributed by atoms with Crippen molar-refractivity contribution in [1.29, 1.82) is 0 Å². The third kappa shape index (κ3) is 2.78. The quantitative estimate of drug-likeness (QED) is 0.886. The van der Waals surface area contributed by atoms with Crippen LogP contribution in [0.3, 0.4) is 0 Å². The lowest BCUT2D eigenvalue weighted by Gasteiger charge is -2.11. The highest BCUT2D eigenvalue weighted by molar-refractivity contribution is 6.30. The van der Waals surface area contributed by atoms with E-state index in [0.717, 1.165) is 22.6 Å². The van der Waals surface area contributed by atoms with E-state index in [1.165, 1.54) is 0 Å². The lowest BCUT2D eigenvalue weighted by Crippen LogP contribution is -2.13. The summed E-state index contributed by atoms with van der Waals surface area (Å²) in [4.78, 5) is 0. The fourth-order valence-corrected chi connectivity index (χ4v) is 1.64. The fourth-order valence-electron chi connectivity index (χ4n) is 1.51. The molecule has 16 heavy (non-hydrogen) atoms. The second-order valence-electron chi connectivity index (χ2n) is 3.61. The number of aromatic nitrogens is 2. The highest BCUT2D eigenvalue weighted by atomic mass is 35.5. The standard InChI is InChI=1S/C12H12ClN3/c13-11-3-1-9(2-4-11)7-12(14)10-5-6-15-16-8-10/h1-6,8,12H,7,14H2. The summed E-state index contributed by atoms with van der Waals surface area (Å²) in [5, 5.41) is 8.27. The average Bonchev–Trinajstić information content (AvgIpc) is 2.33. The van der Waals surface area contributed by atoms with E-state index in [2.05, 4.69) is 10.2 Å². The summed E-state index contributed by atoms with van der Waals surface area (Å²) < 4.78 is 0. The first kappa shape index (κ1) is 11.0. The van der Waals surface area contributed by atoms with Crippen molar-refractivity contribution in [3.8, 4) is 0 Å². The molecule has 0 fully saturated rings. The number of nitrogens with zero attached hydrogens (tertiary/aromatic N) is 2. The minimum Gasteiger partial charge on any atom is -0.324 e. The van der Waals surface area contributed by atoms with Crippen LogP contribution in [-0.4, -0.2) is 10.2 Å². The third-order valence-electron chi connectivity index (χ3n) is 2.40. The first-order chi connectivity index (χ1) is 7.75. The van der Waals surface area contributed by atoms with Crippen LogP contribution < -0.4 is 5.73 Å². The minimum atomic E-state index is -0.0586. The molecule has 0 amide bonds. The topological polar surface area (TPSA) is 51.8 Å². The molecule has 1 unspecified atom stereocenters. The van der Waals surface area contributed by atoms with Gasteiger partial charge in [-0.15, -0.1) is 0 Å². The fraction of sp³-hybridized carbons (Fsp3) is 0.167. The van der Waals surface area contributed by atoms with E-state index in [4.69, 9.17) is 17.3 Å². The van der Waals surface area contributed by atoms with Crippen LogP contribution in [0.15, 0.2) is 42.7 Å². The summed E-state index contributed by atoms with van der Waals surface area (Å²) in [7, 11) is 0. The molecule has 2 N–H and O–H groups in total. The molecule has 1 atom stereocenters. The van der Waals surface area contributed by atoms with Crippen molar-refractivity contribution in [3.05, 3.63) is 58.9 Å². The maximum Gasteiger partial charge on any atom is 0.0544 e. The van der Waals surface area contributed by atoms with Gasteiger partial charge in [0.05, 0.1) is 6.20 Å². The molecule has 0 saturated heterocycles. The molecule has 2 rings (SSSR count). The predicted octanol–water partition coefficient (Wildman–Crippen LogP) is 2.37. The molecule has 0 saturated carbocycles. The van der Waals surface area contributed by atoms with E-state index in [-0.39, 0.29) is 6.04 Å². The molecule has 0 aliphatic rings. The zero-order valence-electron chi connectivity index (χ0n) is 8.68. The molecule has 3 nitrogen and oxygen atoms in total. The van der Waals surface area contributed by atoms with Gasteiger partial charge in [-0.25, -0.2) is 0 Å². The summed E-state index contributed by atoms with van der Waals surface area (Å²) in [5.74, 6) is 0. The van der Waals surface area contributed by atoms with E-state index in [1.807, 2.05) is 30.3 Å². The van der Waals surface area contributed by atoms with Crippen molar-refractivity contribution < 1.29 is 0 Å². The van der Waals surface area contributed by atoms with Crippen LogP contribution in [0.25, 0.3) is 0 Å². The largest absolute Gasteiger partial charge is 0.324 e. The lowest BCUT2D eigenvalue weighted by atomic mass is 10.0. The first-order valence-corrected chi connectivity index (χ1v) is 5.40. The van der Waals surface area contributed by atoms with Gasteiger partial charge < -0.3 is 5.73 Å². The van der Waals surface area contributed by atoms with Crippen LogP contribution >= 0.6 is 11.6 Å². The molecule has 0 radical (unpaired) electrons. The predicted molar refractivity (Wildman–Crippen MR) is 64.1 cm³/mol. The molecule has 0 spiro atoms. The smallest absolute Gasteiger partial charge is 0.0544 e. The zero-order valence-corrected chi connectivity index (χ0v) is 9.43. The van der Waals surface area contributed by atoms with E-state index in [9.17, 15) is 0 Å². The maximum absolute atomic E-state index is 6.06. The van der Waals surface area contributed by atoms with Gasteiger partial charge in [-0.1, -0.05) is 23.7 Å². The summed E-state index contributed by atoms with van der Waals surface area (Å²) in [5.41, 5.74) is 8.22. The van der Waals surface area contributed by atoms with Crippen LogP contribution in [0.4, 0.5) is 0 Å². The van der Waals surface area contributed by atoms with Crippen molar-refractivity contribution in [2.24, 2.45) is 5.73 Å². The van der Waals surface area contributed by atoms with Gasteiger partial charge in [0.2, 0.25) is 0 Å². The summed E-state index contributed by atoms with van der Waals surface area (Å²) in [6.07, 6.45) is 4.11. The molecule has 0 aliphatic carbocycles. The summed E-state index contributed by atoms with van der Waals surface area (Å²) in [6.45, 7) is 0. The van der Waals surface area contributed by atoms with Crippen LogP contribution in [0.1, 0.15) is 17.2 Å². The summed E-state index contributed by atoms with van der Waals surface area (Å²) in [6, 6.07) is 9.53. The second kappa shape index (κ2) is 5.05. The molecule has 4 heteroatoms. The minimum absolute atomic E-state index is 0.0586. The maximum atomic E-state index is 6.06. The van der Waals surface area contributed by atoms with Gasteiger partial charge in [0.25, 0.3) is 0 Å². The third-order valence-corrected chi connectivity index (χ3v) is 2.66. The highest BCUT2D eigenvalue weighted by Crippen LogP contribution is 2.16. The number of benzene rings is 1.